The van der Waals surface area contributed by atoms with Gasteiger partial charge in [0.2, 0.25) is 0 Å². The number of carbonyl (C=O) groups excluding carboxylic acids is 1. The molecule has 0 fully saturated rings. The smallest absolute Gasteiger partial charge is 0.251 e. The highest BCUT2D eigenvalue weighted by atomic mass is 19.2. The molecule has 0 saturated heterocycles. The highest BCUT2D eigenvalue weighted by Gasteiger charge is 2.16. The van der Waals surface area contributed by atoms with E-state index < -0.39 is 17.7 Å². The molecule has 1 amide bonds. The Hall–Kier alpha value is -2.23. The predicted octanol–water partition coefficient (Wildman–Crippen LogP) is 4.33. The minimum Gasteiger partial charge on any atom is -0.346 e. The second kappa shape index (κ2) is 6.49. The van der Waals surface area contributed by atoms with Gasteiger partial charge in [0.1, 0.15) is 0 Å². The van der Waals surface area contributed by atoms with Crippen LogP contribution in [0.5, 0.6) is 0 Å². The molecular formula is C19H19F2NO. The Morgan fingerprint density at radius 2 is 1.74 bits per heavy atom. The maximum atomic E-state index is 13.3. The third kappa shape index (κ3) is 3.41. The van der Waals surface area contributed by atoms with Gasteiger partial charge in [0.15, 0.2) is 11.6 Å². The van der Waals surface area contributed by atoms with Crippen LogP contribution in [-0.2, 0) is 12.8 Å². The van der Waals surface area contributed by atoms with Gasteiger partial charge in [-0.3, -0.25) is 4.79 Å². The van der Waals surface area contributed by atoms with Crippen molar-refractivity contribution in [3.63, 3.8) is 0 Å². The van der Waals surface area contributed by atoms with Gasteiger partial charge in [0.05, 0.1) is 6.04 Å². The van der Waals surface area contributed by atoms with Crippen LogP contribution in [0.1, 0.15) is 52.9 Å². The fraction of sp³-hybridized carbons (Fsp3) is 0.316. The summed E-state index contributed by atoms with van der Waals surface area (Å²) in [6.45, 7) is 1.75. The first-order chi connectivity index (χ1) is 11.0. The Kier molecular flexibility index (Phi) is 4.42. The van der Waals surface area contributed by atoms with Crippen molar-refractivity contribution < 1.29 is 13.6 Å². The fourth-order valence-corrected chi connectivity index (χ4v) is 3.02. The average Bonchev–Trinajstić information content (AvgIpc) is 2.56. The zero-order chi connectivity index (χ0) is 16.4. The molecular weight excluding hydrogens is 296 g/mol. The van der Waals surface area contributed by atoms with E-state index in [1.165, 1.54) is 23.6 Å². The Labute approximate surface area is 134 Å². The molecule has 0 spiro atoms. The first kappa shape index (κ1) is 15.7. The van der Waals surface area contributed by atoms with Crippen molar-refractivity contribution in [1.82, 2.24) is 5.32 Å². The third-order valence-electron chi connectivity index (χ3n) is 4.40. The molecule has 1 aliphatic rings. The standard InChI is InChI=1S/C19H19F2NO/c1-12(14-8-9-17(20)18(21)11-14)22-19(23)16-7-6-13-4-2-3-5-15(13)10-16/h6-12H,2-5H2,1H3,(H,22,23)/t12-/m0/s1. The largest absolute Gasteiger partial charge is 0.346 e. The maximum Gasteiger partial charge on any atom is 0.251 e. The maximum absolute atomic E-state index is 13.3. The van der Waals surface area contributed by atoms with Crippen LogP contribution in [-0.4, -0.2) is 5.91 Å². The first-order valence-electron chi connectivity index (χ1n) is 7.92. The highest BCUT2D eigenvalue weighted by Crippen LogP contribution is 2.23. The van der Waals surface area contributed by atoms with Gasteiger partial charge < -0.3 is 5.32 Å². The van der Waals surface area contributed by atoms with E-state index in [0.29, 0.717) is 11.1 Å². The Morgan fingerprint density at radius 1 is 1.00 bits per heavy atom. The van der Waals surface area contributed by atoms with Crippen LogP contribution in [0.25, 0.3) is 0 Å². The second-order valence-corrected chi connectivity index (χ2v) is 6.06. The van der Waals surface area contributed by atoms with Crippen LogP contribution < -0.4 is 5.32 Å². The van der Waals surface area contributed by atoms with Gasteiger partial charge in [-0.2, -0.15) is 0 Å². The molecule has 2 aromatic rings. The van der Waals surface area contributed by atoms with Gasteiger partial charge in [-0.05, 0) is 73.6 Å². The Morgan fingerprint density at radius 3 is 2.48 bits per heavy atom. The number of nitrogens with one attached hydrogen (secondary N) is 1. The van der Waals surface area contributed by atoms with E-state index in [1.807, 2.05) is 18.2 Å². The van der Waals surface area contributed by atoms with E-state index in [2.05, 4.69) is 5.32 Å². The lowest BCUT2D eigenvalue weighted by molar-refractivity contribution is 0.0939. The number of hydrogen-bond acceptors (Lipinski definition) is 1. The zero-order valence-electron chi connectivity index (χ0n) is 13.0. The molecule has 0 heterocycles. The lowest BCUT2D eigenvalue weighted by Crippen LogP contribution is -2.27. The van der Waals surface area contributed by atoms with Gasteiger partial charge in [0, 0.05) is 5.56 Å². The van der Waals surface area contributed by atoms with E-state index in [1.54, 1.807) is 6.92 Å². The average molecular weight is 315 g/mol. The monoisotopic (exact) mass is 315 g/mol. The van der Waals surface area contributed by atoms with Gasteiger partial charge in [-0.1, -0.05) is 12.1 Å². The fourth-order valence-electron chi connectivity index (χ4n) is 3.02. The van der Waals surface area contributed by atoms with Crippen molar-refractivity contribution >= 4 is 5.91 Å². The first-order valence-corrected chi connectivity index (χ1v) is 7.92. The molecule has 1 atom stereocenters. The summed E-state index contributed by atoms with van der Waals surface area (Å²) in [5, 5.41) is 2.84. The molecule has 0 aromatic heterocycles. The number of fused-ring (bicyclic) bond motifs is 1. The minimum absolute atomic E-state index is 0.199. The summed E-state index contributed by atoms with van der Waals surface area (Å²) in [6, 6.07) is 9.08. The van der Waals surface area contributed by atoms with Gasteiger partial charge in [0.25, 0.3) is 5.91 Å². The molecule has 0 aliphatic heterocycles. The van der Waals surface area contributed by atoms with Gasteiger partial charge >= 0.3 is 0 Å². The minimum atomic E-state index is -0.905. The number of carbonyl (C=O) groups is 1. The Bertz CT molecular complexity index is 742. The molecule has 0 radical (unpaired) electrons. The van der Waals surface area contributed by atoms with Crippen LogP contribution >= 0.6 is 0 Å². The number of amides is 1. The molecule has 120 valence electrons. The molecule has 4 heteroatoms. The lowest BCUT2D eigenvalue weighted by atomic mass is 9.90. The molecule has 0 unspecified atom stereocenters. The van der Waals surface area contributed by atoms with Crippen LogP contribution in [0, 0.1) is 11.6 Å². The summed E-state index contributed by atoms with van der Waals surface area (Å²) < 4.78 is 26.3. The van der Waals surface area contributed by atoms with E-state index in [-0.39, 0.29) is 5.91 Å². The lowest BCUT2D eigenvalue weighted by Gasteiger charge is -2.18. The van der Waals surface area contributed by atoms with E-state index in [4.69, 9.17) is 0 Å². The van der Waals surface area contributed by atoms with Crippen molar-refractivity contribution in [1.29, 1.82) is 0 Å². The summed E-state index contributed by atoms with van der Waals surface area (Å²) >= 11 is 0. The molecule has 1 N–H and O–H groups in total. The summed E-state index contributed by atoms with van der Waals surface area (Å²) in [6.07, 6.45) is 4.44. The quantitative estimate of drug-likeness (QED) is 0.897. The molecule has 2 nitrogen and oxygen atoms in total. The van der Waals surface area contributed by atoms with Crippen LogP contribution in [0.2, 0.25) is 0 Å². The SMILES string of the molecule is C[C@H](NC(=O)c1ccc2c(c1)CCCC2)c1ccc(F)c(F)c1. The molecule has 23 heavy (non-hydrogen) atoms. The summed E-state index contributed by atoms with van der Waals surface area (Å²) in [7, 11) is 0. The zero-order valence-corrected chi connectivity index (χ0v) is 13.0. The van der Waals surface area contributed by atoms with Crippen LogP contribution in [0.15, 0.2) is 36.4 Å². The van der Waals surface area contributed by atoms with Crippen molar-refractivity contribution in [2.45, 2.75) is 38.6 Å². The number of rotatable bonds is 3. The highest BCUT2D eigenvalue weighted by molar-refractivity contribution is 5.94. The van der Waals surface area contributed by atoms with Crippen molar-refractivity contribution in [2.24, 2.45) is 0 Å². The summed E-state index contributed by atoms with van der Waals surface area (Å²) in [5.41, 5.74) is 3.71. The van der Waals surface area contributed by atoms with Crippen LogP contribution in [0.4, 0.5) is 8.78 Å². The van der Waals surface area contributed by atoms with E-state index in [9.17, 15) is 13.6 Å². The van der Waals surface area contributed by atoms with Crippen molar-refractivity contribution in [3.8, 4) is 0 Å². The number of halogens is 2. The number of hydrogen-bond donors (Lipinski definition) is 1. The molecule has 2 aromatic carbocycles. The molecule has 3 rings (SSSR count). The van der Waals surface area contributed by atoms with Crippen molar-refractivity contribution in [3.05, 3.63) is 70.3 Å². The summed E-state index contributed by atoms with van der Waals surface area (Å²) in [4.78, 5) is 12.4. The molecule has 0 bridgehead atoms. The van der Waals surface area contributed by atoms with Crippen LogP contribution in [0.3, 0.4) is 0 Å². The van der Waals surface area contributed by atoms with Gasteiger partial charge in [-0.15, -0.1) is 0 Å². The van der Waals surface area contributed by atoms with Gasteiger partial charge in [-0.25, -0.2) is 8.78 Å². The molecule has 0 saturated carbocycles. The van der Waals surface area contributed by atoms with E-state index in [0.717, 1.165) is 31.4 Å². The topological polar surface area (TPSA) is 29.1 Å². The molecule has 1 aliphatic carbocycles. The number of benzene rings is 2. The summed E-state index contributed by atoms with van der Waals surface area (Å²) in [5.74, 6) is -1.99. The second-order valence-electron chi connectivity index (χ2n) is 6.06. The third-order valence-corrected chi connectivity index (χ3v) is 4.40. The Balaban J connectivity index is 1.74. The van der Waals surface area contributed by atoms with E-state index >= 15 is 0 Å². The number of aryl methyl sites for hydroxylation is 2. The van der Waals surface area contributed by atoms with Crippen molar-refractivity contribution in [2.75, 3.05) is 0 Å². The predicted molar refractivity (Wildman–Crippen MR) is 85.3 cm³/mol. The normalized spacial score (nSPS) is 14.9.